The zero-order chi connectivity index (χ0) is 34.2. The average Bonchev–Trinajstić information content (AvgIpc) is 3.15. The van der Waals surface area contributed by atoms with Gasteiger partial charge in [0.2, 0.25) is 0 Å². The highest BCUT2D eigenvalue weighted by atomic mass is 16.7. The standard InChI is InChI=1S/C40H44N2O7/c1-4-18-47-40(44)41-23-28-6-5-7-32(19-28)29-12-14-31(15-13-29)39-48-35(22-36(49-39)30-10-8-27(26-43)9-11-30)25-42-17-16-33-20-37(45-2)38(46-3)21-34(33)24-42/h4-15,19-21,35-36,39,43H,1,16-18,22-26H2,2-3H3,(H,41,44)/t35-,36+,39+/m0/s1. The lowest BCUT2D eigenvalue weighted by Gasteiger charge is -2.39. The van der Waals surface area contributed by atoms with Crippen LogP contribution < -0.4 is 14.8 Å². The molecule has 2 N–H and O–H groups in total. The molecule has 2 aliphatic rings. The van der Waals surface area contributed by atoms with E-state index in [1.165, 1.54) is 17.2 Å². The summed E-state index contributed by atoms with van der Waals surface area (Å²) in [5.74, 6) is 1.50. The summed E-state index contributed by atoms with van der Waals surface area (Å²) < 4.78 is 29.4. The summed E-state index contributed by atoms with van der Waals surface area (Å²) in [6, 6.07) is 28.5. The van der Waals surface area contributed by atoms with Gasteiger partial charge in [-0.2, -0.15) is 0 Å². The van der Waals surface area contributed by atoms with Gasteiger partial charge in [0.1, 0.15) is 6.61 Å². The van der Waals surface area contributed by atoms with Crippen LogP contribution in [0.25, 0.3) is 11.1 Å². The minimum absolute atomic E-state index is 0.00129. The molecule has 0 spiro atoms. The Morgan fingerprint density at radius 3 is 2.37 bits per heavy atom. The Balaban J connectivity index is 1.17. The molecule has 3 atom stereocenters. The minimum atomic E-state index is -0.547. The molecule has 2 aliphatic heterocycles. The number of fused-ring (bicyclic) bond motifs is 1. The number of hydrogen-bond acceptors (Lipinski definition) is 8. The molecule has 0 aliphatic carbocycles. The van der Waals surface area contributed by atoms with Gasteiger partial charge in [-0.25, -0.2) is 4.79 Å². The molecule has 1 amide bonds. The van der Waals surface area contributed by atoms with Crippen molar-refractivity contribution in [1.29, 1.82) is 0 Å². The molecule has 0 aromatic heterocycles. The van der Waals surface area contributed by atoms with Crippen molar-refractivity contribution in [2.75, 3.05) is 33.9 Å². The summed E-state index contributed by atoms with van der Waals surface area (Å²) in [6.07, 6.45) is 1.91. The van der Waals surface area contributed by atoms with Crippen molar-refractivity contribution in [3.63, 3.8) is 0 Å². The highest BCUT2D eigenvalue weighted by Crippen LogP contribution is 2.40. The number of nitrogens with one attached hydrogen (secondary N) is 1. The Hall–Kier alpha value is -4.67. The average molecular weight is 665 g/mol. The lowest BCUT2D eigenvalue weighted by molar-refractivity contribution is -0.253. The fraction of sp³-hybridized carbons (Fsp3) is 0.325. The molecule has 4 aromatic carbocycles. The first-order valence-electron chi connectivity index (χ1n) is 16.6. The van der Waals surface area contributed by atoms with Crippen LogP contribution in [0, 0.1) is 0 Å². The number of hydrogen-bond donors (Lipinski definition) is 2. The quantitative estimate of drug-likeness (QED) is 0.158. The summed E-state index contributed by atoms with van der Waals surface area (Å²) in [6.45, 7) is 6.58. The molecule has 1 saturated heterocycles. The van der Waals surface area contributed by atoms with Crippen molar-refractivity contribution < 1.29 is 33.6 Å². The maximum atomic E-state index is 11.9. The van der Waals surface area contributed by atoms with Crippen LogP contribution in [0.3, 0.4) is 0 Å². The van der Waals surface area contributed by atoms with Gasteiger partial charge in [-0.05, 0) is 63.6 Å². The maximum Gasteiger partial charge on any atom is 0.407 e. The third-order valence-electron chi connectivity index (χ3n) is 9.09. The van der Waals surface area contributed by atoms with E-state index < -0.39 is 12.4 Å². The van der Waals surface area contributed by atoms with Gasteiger partial charge in [0.15, 0.2) is 17.8 Å². The molecule has 2 heterocycles. The molecule has 9 heteroatoms. The fourth-order valence-corrected chi connectivity index (χ4v) is 6.47. The number of ether oxygens (including phenoxy) is 5. The summed E-state index contributed by atoms with van der Waals surface area (Å²) in [7, 11) is 3.34. The number of alkyl carbamates (subject to hydrolysis) is 1. The van der Waals surface area contributed by atoms with Crippen LogP contribution in [0.5, 0.6) is 11.5 Å². The number of rotatable bonds is 12. The zero-order valence-electron chi connectivity index (χ0n) is 28.1. The molecule has 256 valence electrons. The summed E-state index contributed by atoms with van der Waals surface area (Å²) >= 11 is 0. The summed E-state index contributed by atoms with van der Waals surface area (Å²) in [5.41, 5.74) is 8.44. The SMILES string of the molecule is C=CCOC(=O)NCc1cccc(-c2ccc([C@@H]3O[C@H](CN4CCc5cc(OC)c(OC)cc5C4)C[C@H](c4ccc(CO)cc4)O3)cc2)c1. The molecule has 0 saturated carbocycles. The number of benzene rings is 4. The Morgan fingerprint density at radius 2 is 1.65 bits per heavy atom. The highest BCUT2D eigenvalue weighted by Gasteiger charge is 2.34. The van der Waals surface area contributed by atoms with Crippen molar-refractivity contribution in [1.82, 2.24) is 10.2 Å². The maximum absolute atomic E-state index is 11.9. The van der Waals surface area contributed by atoms with E-state index >= 15 is 0 Å². The number of nitrogens with zero attached hydrogens (tertiary/aromatic N) is 1. The third kappa shape index (κ3) is 8.50. The molecule has 6 rings (SSSR count). The van der Waals surface area contributed by atoms with Gasteiger partial charge in [0.05, 0.1) is 33.0 Å². The van der Waals surface area contributed by atoms with Crippen LogP contribution in [-0.4, -0.2) is 56.1 Å². The van der Waals surface area contributed by atoms with Gasteiger partial charge in [-0.3, -0.25) is 4.90 Å². The van der Waals surface area contributed by atoms with Gasteiger partial charge in [0.25, 0.3) is 0 Å². The number of aliphatic hydroxyl groups is 1. The van der Waals surface area contributed by atoms with Crippen LogP contribution in [0.2, 0.25) is 0 Å². The molecular weight excluding hydrogens is 620 g/mol. The first-order valence-corrected chi connectivity index (χ1v) is 16.6. The van der Waals surface area contributed by atoms with Gasteiger partial charge in [-0.15, -0.1) is 0 Å². The van der Waals surface area contributed by atoms with E-state index in [-0.39, 0.29) is 25.4 Å². The monoisotopic (exact) mass is 664 g/mol. The number of carbonyl (C=O) groups excluding carboxylic acids is 1. The minimum Gasteiger partial charge on any atom is -0.493 e. The molecule has 49 heavy (non-hydrogen) atoms. The van der Waals surface area contributed by atoms with E-state index in [0.717, 1.165) is 70.9 Å². The third-order valence-corrected chi connectivity index (χ3v) is 9.09. The van der Waals surface area contributed by atoms with Crippen molar-refractivity contribution in [2.45, 2.75) is 51.0 Å². The molecular formula is C40H44N2O7. The van der Waals surface area contributed by atoms with Crippen LogP contribution >= 0.6 is 0 Å². The molecule has 0 radical (unpaired) electrons. The molecule has 4 aromatic rings. The summed E-state index contributed by atoms with van der Waals surface area (Å²) in [4.78, 5) is 14.3. The second kappa shape index (κ2) is 16.2. The van der Waals surface area contributed by atoms with Gasteiger partial charge in [-0.1, -0.05) is 79.4 Å². The second-order valence-corrected chi connectivity index (χ2v) is 12.4. The number of methoxy groups -OCH3 is 2. The van der Waals surface area contributed by atoms with Crippen molar-refractivity contribution >= 4 is 6.09 Å². The zero-order valence-corrected chi connectivity index (χ0v) is 28.1. The first kappa shape index (κ1) is 34.2. The summed E-state index contributed by atoms with van der Waals surface area (Å²) in [5, 5.41) is 12.4. The predicted molar refractivity (Wildman–Crippen MR) is 187 cm³/mol. The van der Waals surface area contributed by atoms with Crippen molar-refractivity contribution in [2.24, 2.45) is 0 Å². The predicted octanol–water partition coefficient (Wildman–Crippen LogP) is 6.88. The van der Waals surface area contributed by atoms with Crippen LogP contribution in [0.15, 0.2) is 97.6 Å². The lowest BCUT2D eigenvalue weighted by Crippen LogP contribution is -2.41. The van der Waals surface area contributed by atoms with E-state index in [9.17, 15) is 9.90 Å². The van der Waals surface area contributed by atoms with Crippen molar-refractivity contribution in [3.05, 3.63) is 131 Å². The molecule has 0 bridgehead atoms. The first-order chi connectivity index (χ1) is 24.0. The van der Waals surface area contributed by atoms with E-state index in [4.69, 9.17) is 23.7 Å². The Labute approximate surface area is 288 Å². The molecule has 0 unspecified atom stereocenters. The van der Waals surface area contributed by atoms with Gasteiger partial charge >= 0.3 is 6.09 Å². The van der Waals surface area contributed by atoms with Crippen LogP contribution in [0.1, 0.15) is 52.2 Å². The Kier molecular flexibility index (Phi) is 11.3. The highest BCUT2D eigenvalue weighted by molar-refractivity contribution is 5.68. The lowest BCUT2D eigenvalue weighted by atomic mass is 9.96. The second-order valence-electron chi connectivity index (χ2n) is 12.4. The number of amides is 1. The molecule has 1 fully saturated rings. The van der Waals surface area contributed by atoms with E-state index in [0.29, 0.717) is 13.0 Å². The Bertz CT molecular complexity index is 1720. The Morgan fingerprint density at radius 1 is 0.918 bits per heavy atom. The van der Waals surface area contributed by atoms with E-state index in [2.05, 4.69) is 59.3 Å². The van der Waals surface area contributed by atoms with Gasteiger partial charge < -0.3 is 34.1 Å². The van der Waals surface area contributed by atoms with E-state index in [1.54, 1.807) is 14.2 Å². The number of carbonyl (C=O) groups is 1. The molecule has 9 nitrogen and oxygen atoms in total. The topological polar surface area (TPSA) is 98.7 Å². The van der Waals surface area contributed by atoms with Crippen LogP contribution in [0.4, 0.5) is 4.79 Å². The number of aliphatic hydroxyl groups excluding tert-OH is 1. The normalized spacial score (nSPS) is 19.0. The van der Waals surface area contributed by atoms with E-state index in [1.807, 2.05) is 42.5 Å². The fourth-order valence-electron chi connectivity index (χ4n) is 6.47. The van der Waals surface area contributed by atoms with Crippen LogP contribution in [-0.2, 0) is 40.3 Å². The largest absolute Gasteiger partial charge is 0.493 e. The van der Waals surface area contributed by atoms with Gasteiger partial charge in [0, 0.05) is 38.2 Å². The van der Waals surface area contributed by atoms with Crippen molar-refractivity contribution in [3.8, 4) is 22.6 Å². The smallest absolute Gasteiger partial charge is 0.407 e.